The molecule has 0 radical (unpaired) electrons. The topological polar surface area (TPSA) is 48.1 Å². The molecule has 4 rings (SSSR count). The Morgan fingerprint density at radius 3 is 1.71 bits per heavy atom. The summed E-state index contributed by atoms with van der Waals surface area (Å²) < 4.78 is 0. The van der Waals surface area contributed by atoms with Crippen LogP contribution in [0.4, 0.5) is 11.4 Å². The Kier molecular flexibility index (Phi) is 14.8. The first kappa shape index (κ1) is 32.6. The molecular formula is C34H40Cl2N4S2. The number of para-hydroxylation sites is 1. The van der Waals surface area contributed by atoms with Gasteiger partial charge in [0.05, 0.1) is 10.7 Å². The Bertz CT molecular complexity index is 1330. The molecule has 0 spiro atoms. The van der Waals surface area contributed by atoms with Crippen LogP contribution in [0, 0.1) is 0 Å². The van der Waals surface area contributed by atoms with Gasteiger partial charge in [0.25, 0.3) is 0 Å². The lowest BCUT2D eigenvalue weighted by atomic mass is 10.3. The van der Waals surface area contributed by atoms with Crippen LogP contribution in [-0.4, -0.2) is 39.3 Å². The van der Waals surface area contributed by atoms with Crippen LogP contribution in [-0.2, 0) is 0 Å². The molecule has 4 aromatic carbocycles. The highest BCUT2D eigenvalue weighted by Gasteiger charge is 2.08. The van der Waals surface area contributed by atoms with E-state index in [9.17, 15) is 0 Å². The van der Waals surface area contributed by atoms with Gasteiger partial charge in [0.2, 0.25) is 0 Å². The van der Waals surface area contributed by atoms with E-state index >= 15 is 0 Å². The van der Waals surface area contributed by atoms with Crippen LogP contribution < -0.4 is 21.3 Å². The maximum Gasteiger partial charge on any atom is 0.0671 e. The van der Waals surface area contributed by atoms with Crippen LogP contribution in [0.3, 0.4) is 0 Å². The zero-order chi connectivity index (χ0) is 29.2. The highest BCUT2D eigenvalue weighted by atomic mass is 35.5. The van der Waals surface area contributed by atoms with Crippen molar-refractivity contribution in [3.8, 4) is 0 Å². The van der Waals surface area contributed by atoms with E-state index in [1.165, 1.54) is 27.5 Å². The van der Waals surface area contributed by atoms with Gasteiger partial charge in [-0.25, -0.2) is 0 Å². The van der Waals surface area contributed by atoms with Crippen LogP contribution in [0.15, 0.2) is 117 Å². The zero-order valence-electron chi connectivity index (χ0n) is 23.9. The van der Waals surface area contributed by atoms with E-state index in [-0.39, 0.29) is 0 Å². The molecule has 0 fully saturated rings. The molecule has 0 aliphatic rings. The average molecular weight is 640 g/mol. The van der Waals surface area contributed by atoms with Gasteiger partial charge in [-0.1, -0.05) is 89.2 Å². The first-order valence-corrected chi connectivity index (χ1v) is 17.0. The minimum absolute atomic E-state index is 0.755. The molecule has 0 saturated carbocycles. The smallest absolute Gasteiger partial charge is 0.0671 e. The van der Waals surface area contributed by atoms with Crippen LogP contribution in [0.25, 0.3) is 0 Å². The molecule has 4 aromatic rings. The number of anilines is 2. The Morgan fingerprint density at radius 1 is 0.500 bits per heavy atom. The number of hydrogen-bond donors (Lipinski definition) is 4. The third kappa shape index (κ3) is 11.8. The van der Waals surface area contributed by atoms with Gasteiger partial charge in [0.1, 0.15) is 0 Å². The fourth-order valence-corrected chi connectivity index (χ4v) is 6.71. The second-order valence-corrected chi connectivity index (χ2v) is 12.9. The van der Waals surface area contributed by atoms with Crippen LogP contribution in [0.5, 0.6) is 0 Å². The summed E-state index contributed by atoms with van der Waals surface area (Å²) in [7, 11) is 0. The number of rotatable bonds is 19. The fraction of sp³-hybridized carbons (Fsp3) is 0.294. The van der Waals surface area contributed by atoms with Gasteiger partial charge in [0, 0.05) is 43.4 Å². The van der Waals surface area contributed by atoms with Gasteiger partial charge in [-0.2, -0.15) is 0 Å². The minimum Gasteiger partial charge on any atom is -0.384 e. The number of halogens is 2. The van der Waals surface area contributed by atoms with E-state index in [2.05, 4.69) is 81.9 Å². The van der Waals surface area contributed by atoms with Crippen molar-refractivity contribution in [3.05, 3.63) is 107 Å². The molecule has 8 heteroatoms. The van der Waals surface area contributed by atoms with E-state index in [0.717, 1.165) is 78.4 Å². The Hall–Kier alpha value is -2.32. The summed E-state index contributed by atoms with van der Waals surface area (Å²) in [5, 5.41) is 15.8. The summed E-state index contributed by atoms with van der Waals surface area (Å²) in [5.41, 5.74) is 2.12. The van der Waals surface area contributed by atoms with Crippen molar-refractivity contribution in [3.63, 3.8) is 0 Å². The molecule has 0 aliphatic heterocycles. The summed E-state index contributed by atoms with van der Waals surface area (Å²) in [4.78, 5) is 4.78. The summed E-state index contributed by atoms with van der Waals surface area (Å²) in [6, 6.07) is 33.0. The molecule has 4 nitrogen and oxygen atoms in total. The fourth-order valence-electron chi connectivity index (χ4n) is 4.33. The van der Waals surface area contributed by atoms with E-state index in [0.29, 0.717) is 0 Å². The molecule has 0 unspecified atom stereocenters. The van der Waals surface area contributed by atoms with Crippen molar-refractivity contribution in [1.82, 2.24) is 10.6 Å². The predicted octanol–water partition coefficient (Wildman–Crippen LogP) is 9.56. The Morgan fingerprint density at radius 2 is 1.07 bits per heavy atom. The maximum atomic E-state index is 6.51. The molecule has 4 N–H and O–H groups in total. The molecule has 0 atom stereocenters. The third-order valence-electron chi connectivity index (χ3n) is 6.49. The summed E-state index contributed by atoms with van der Waals surface area (Å²) in [6.07, 6.45) is 4.45. The lowest BCUT2D eigenvalue weighted by Crippen LogP contribution is -2.22. The second-order valence-electron chi connectivity index (χ2n) is 9.85. The third-order valence-corrected chi connectivity index (χ3v) is 9.20. The summed E-state index contributed by atoms with van der Waals surface area (Å²) >= 11 is 16.3. The first-order chi connectivity index (χ1) is 20.7. The highest BCUT2D eigenvalue weighted by molar-refractivity contribution is 7.99. The molecule has 0 aliphatic carbocycles. The van der Waals surface area contributed by atoms with Gasteiger partial charge >= 0.3 is 0 Å². The van der Waals surface area contributed by atoms with E-state index in [1.807, 2.05) is 36.4 Å². The van der Waals surface area contributed by atoms with Crippen molar-refractivity contribution < 1.29 is 0 Å². The monoisotopic (exact) mass is 638 g/mol. The molecule has 0 saturated heterocycles. The maximum absolute atomic E-state index is 6.51. The van der Waals surface area contributed by atoms with Crippen molar-refractivity contribution in [1.29, 1.82) is 0 Å². The number of unbranched alkanes of at least 4 members (excludes halogenated alkanes) is 1. The van der Waals surface area contributed by atoms with Gasteiger partial charge in [-0.3, -0.25) is 0 Å². The number of hydrogen-bond acceptors (Lipinski definition) is 6. The minimum atomic E-state index is 0.755. The van der Waals surface area contributed by atoms with Crippen LogP contribution >= 0.6 is 46.7 Å². The van der Waals surface area contributed by atoms with E-state index in [4.69, 9.17) is 23.2 Å². The quantitative estimate of drug-likeness (QED) is 0.0767. The van der Waals surface area contributed by atoms with Crippen molar-refractivity contribution >= 4 is 58.1 Å². The SMILES string of the molecule is Clc1ccc(Sc2ccccc2)c(NCCCNCCCCNCCCNc2c(Cl)cccc2Sc2ccccc2)c1. The zero-order valence-corrected chi connectivity index (χ0v) is 27.0. The van der Waals surface area contributed by atoms with Crippen LogP contribution in [0.1, 0.15) is 25.7 Å². The van der Waals surface area contributed by atoms with E-state index in [1.54, 1.807) is 23.5 Å². The highest BCUT2D eigenvalue weighted by Crippen LogP contribution is 2.37. The Labute approximate surface area is 269 Å². The molecule has 0 amide bonds. The van der Waals surface area contributed by atoms with Crippen molar-refractivity contribution in [2.75, 3.05) is 49.9 Å². The standard InChI is InChI=1S/C34H40Cl2N4S2/c35-27-18-19-32(41-28-12-3-1-4-13-28)31(26-27)39-24-10-22-37-20-7-8-21-38-23-11-25-40-34-30(36)16-9-17-33(34)42-29-14-5-2-6-15-29/h1-6,9,12-19,26,37-40H,7-8,10-11,20-25H2. The van der Waals surface area contributed by atoms with Crippen molar-refractivity contribution in [2.45, 2.75) is 45.3 Å². The van der Waals surface area contributed by atoms with Gasteiger partial charge in [0.15, 0.2) is 0 Å². The summed E-state index contributed by atoms with van der Waals surface area (Å²) in [5.74, 6) is 0. The molecule has 0 aromatic heterocycles. The Balaban J connectivity index is 1.01. The molecular weight excluding hydrogens is 599 g/mol. The lowest BCUT2D eigenvalue weighted by molar-refractivity contribution is 0.573. The van der Waals surface area contributed by atoms with E-state index < -0.39 is 0 Å². The predicted molar refractivity (Wildman–Crippen MR) is 185 cm³/mol. The number of benzene rings is 4. The first-order valence-electron chi connectivity index (χ1n) is 14.6. The largest absolute Gasteiger partial charge is 0.384 e. The second kappa shape index (κ2) is 19.1. The van der Waals surface area contributed by atoms with Crippen LogP contribution in [0.2, 0.25) is 10.0 Å². The summed E-state index contributed by atoms with van der Waals surface area (Å²) in [6.45, 7) is 5.87. The molecule has 42 heavy (non-hydrogen) atoms. The number of nitrogens with one attached hydrogen (secondary N) is 4. The van der Waals surface area contributed by atoms with Gasteiger partial charge in [-0.05, 0) is 106 Å². The molecule has 0 heterocycles. The normalized spacial score (nSPS) is 11.0. The van der Waals surface area contributed by atoms with Gasteiger partial charge in [-0.15, -0.1) is 0 Å². The molecule has 222 valence electrons. The lowest BCUT2D eigenvalue weighted by Gasteiger charge is -2.14. The van der Waals surface area contributed by atoms with Gasteiger partial charge < -0.3 is 21.3 Å². The average Bonchev–Trinajstić information content (AvgIpc) is 3.01. The van der Waals surface area contributed by atoms with Crippen molar-refractivity contribution in [2.24, 2.45) is 0 Å². The molecule has 0 bridgehead atoms.